The molecule has 104 valence electrons. The minimum absolute atomic E-state index is 0.136. The molecule has 3 heteroatoms. The van der Waals surface area contributed by atoms with Crippen LogP contribution in [0.3, 0.4) is 0 Å². The molecule has 2 unspecified atom stereocenters. The predicted octanol–water partition coefficient (Wildman–Crippen LogP) is 4.93. The van der Waals surface area contributed by atoms with Crippen molar-refractivity contribution in [1.29, 1.82) is 0 Å². The van der Waals surface area contributed by atoms with Crippen molar-refractivity contribution < 1.29 is 4.39 Å². The summed E-state index contributed by atoms with van der Waals surface area (Å²) in [7, 11) is 0. The zero-order valence-electron chi connectivity index (χ0n) is 11.4. The Hall–Kier alpha value is -1.19. The molecule has 0 amide bonds. The molecule has 1 aliphatic rings. The molecule has 1 aliphatic carbocycles. The molecule has 0 spiro atoms. The first kappa shape index (κ1) is 13.8. The molecule has 0 fully saturated rings. The van der Waals surface area contributed by atoms with Gasteiger partial charge < -0.3 is 5.32 Å². The largest absolute Gasteiger partial charge is 0.303 e. The third kappa shape index (κ3) is 2.65. The van der Waals surface area contributed by atoms with Gasteiger partial charge in [-0.3, -0.25) is 0 Å². The smallest absolute Gasteiger partial charge is 0.123 e. The average Bonchev–Trinajstić information content (AvgIpc) is 2.81. The van der Waals surface area contributed by atoms with Crippen LogP contribution >= 0.6 is 15.9 Å². The van der Waals surface area contributed by atoms with Crippen LogP contribution in [0.5, 0.6) is 0 Å². The van der Waals surface area contributed by atoms with Crippen molar-refractivity contribution >= 4 is 15.9 Å². The van der Waals surface area contributed by atoms with Gasteiger partial charge in [0.2, 0.25) is 0 Å². The zero-order valence-corrected chi connectivity index (χ0v) is 13.0. The van der Waals surface area contributed by atoms with Crippen LogP contribution < -0.4 is 5.32 Å². The van der Waals surface area contributed by atoms with Gasteiger partial charge in [0.1, 0.15) is 5.82 Å². The molecular formula is C17H17BrFN. The van der Waals surface area contributed by atoms with Gasteiger partial charge in [0.15, 0.2) is 0 Å². The predicted molar refractivity (Wildman–Crippen MR) is 83.2 cm³/mol. The standard InChI is InChI=1S/C17H17BrFN/c1-11(14-4-2-3-5-16(14)18)20-17-9-6-12-10-13(19)7-8-15(12)17/h2-5,7-8,10-11,17,20H,6,9H2,1H3. The highest BCUT2D eigenvalue weighted by Gasteiger charge is 2.24. The Morgan fingerprint density at radius 1 is 1.25 bits per heavy atom. The molecule has 2 aromatic rings. The lowest BCUT2D eigenvalue weighted by Gasteiger charge is -2.21. The quantitative estimate of drug-likeness (QED) is 0.839. The summed E-state index contributed by atoms with van der Waals surface area (Å²) in [6, 6.07) is 14.0. The van der Waals surface area contributed by atoms with Gasteiger partial charge in [-0.1, -0.05) is 40.2 Å². The van der Waals surface area contributed by atoms with E-state index >= 15 is 0 Å². The number of halogens is 2. The van der Waals surface area contributed by atoms with Crippen molar-refractivity contribution in [2.75, 3.05) is 0 Å². The molecular weight excluding hydrogens is 317 g/mol. The Morgan fingerprint density at radius 2 is 2.05 bits per heavy atom. The fraction of sp³-hybridized carbons (Fsp3) is 0.294. The van der Waals surface area contributed by atoms with Crippen molar-refractivity contribution in [3.05, 3.63) is 69.4 Å². The van der Waals surface area contributed by atoms with E-state index in [0.717, 1.165) is 22.9 Å². The van der Waals surface area contributed by atoms with E-state index in [1.54, 1.807) is 12.1 Å². The third-order valence-corrected chi connectivity index (χ3v) is 4.73. The molecule has 3 rings (SSSR count). The first-order chi connectivity index (χ1) is 9.65. The number of fused-ring (bicyclic) bond motifs is 1. The van der Waals surface area contributed by atoms with Gasteiger partial charge in [0, 0.05) is 16.6 Å². The molecule has 0 aliphatic heterocycles. The SMILES string of the molecule is CC(NC1CCc2cc(F)ccc21)c1ccccc1Br. The Labute approximate surface area is 127 Å². The maximum Gasteiger partial charge on any atom is 0.123 e. The summed E-state index contributed by atoms with van der Waals surface area (Å²) in [6.45, 7) is 2.17. The van der Waals surface area contributed by atoms with Gasteiger partial charge in [-0.15, -0.1) is 0 Å². The van der Waals surface area contributed by atoms with Crippen LogP contribution in [0.25, 0.3) is 0 Å². The Kier molecular flexibility index (Phi) is 3.90. The second kappa shape index (κ2) is 5.66. The lowest BCUT2D eigenvalue weighted by atomic mass is 10.0. The first-order valence-electron chi connectivity index (χ1n) is 6.94. The summed E-state index contributed by atoms with van der Waals surface area (Å²) in [5, 5.41) is 3.66. The number of hydrogen-bond acceptors (Lipinski definition) is 1. The molecule has 0 heterocycles. The van der Waals surface area contributed by atoms with Crippen molar-refractivity contribution in [3.63, 3.8) is 0 Å². The summed E-state index contributed by atoms with van der Waals surface area (Å²) in [5.74, 6) is -0.136. The molecule has 0 radical (unpaired) electrons. The third-order valence-electron chi connectivity index (χ3n) is 4.01. The van der Waals surface area contributed by atoms with Crippen molar-refractivity contribution in [2.45, 2.75) is 31.8 Å². The minimum Gasteiger partial charge on any atom is -0.303 e. The highest BCUT2D eigenvalue weighted by atomic mass is 79.9. The lowest BCUT2D eigenvalue weighted by molar-refractivity contribution is 0.464. The second-order valence-electron chi connectivity index (χ2n) is 5.34. The van der Waals surface area contributed by atoms with Crippen molar-refractivity contribution in [2.24, 2.45) is 0 Å². The highest BCUT2D eigenvalue weighted by Crippen LogP contribution is 2.34. The van der Waals surface area contributed by atoms with E-state index < -0.39 is 0 Å². The minimum atomic E-state index is -0.136. The van der Waals surface area contributed by atoms with Crippen molar-refractivity contribution in [3.8, 4) is 0 Å². The van der Waals surface area contributed by atoms with Gasteiger partial charge in [0.05, 0.1) is 0 Å². The molecule has 1 nitrogen and oxygen atoms in total. The summed E-state index contributed by atoms with van der Waals surface area (Å²) in [5.41, 5.74) is 3.63. The van der Waals surface area contributed by atoms with Crippen LogP contribution in [-0.4, -0.2) is 0 Å². The molecule has 20 heavy (non-hydrogen) atoms. The topological polar surface area (TPSA) is 12.0 Å². The van der Waals surface area contributed by atoms with Crippen LogP contribution in [0.1, 0.15) is 42.1 Å². The Balaban J connectivity index is 1.79. The van der Waals surface area contributed by atoms with Crippen molar-refractivity contribution in [1.82, 2.24) is 5.32 Å². The maximum atomic E-state index is 13.2. The Bertz CT molecular complexity index is 626. The molecule has 0 bridgehead atoms. The van der Waals surface area contributed by atoms with E-state index in [2.05, 4.69) is 46.4 Å². The summed E-state index contributed by atoms with van der Waals surface area (Å²) in [4.78, 5) is 0. The van der Waals surface area contributed by atoms with Crippen LogP contribution in [0.2, 0.25) is 0 Å². The summed E-state index contributed by atoms with van der Waals surface area (Å²) >= 11 is 3.60. The molecule has 0 saturated heterocycles. The van der Waals surface area contributed by atoms with Gasteiger partial charge in [0.25, 0.3) is 0 Å². The van der Waals surface area contributed by atoms with Gasteiger partial charge >= 0.3 is 0 Å². The first-order valence-corrected chi connectivity index (χ1v) is 7.73. The fourth-order valence-corrected chi connectivity index (χ4v) is 3.61. The number of nitrogens with one attached hydrogen (secondary N) is 1. The van der Waals surface area contributed by atoms with E-state index in [1.807, 2.05) is 12.1 Å². The van der Waals surface area contributed by atoms with Gasteiger partial charge in [-0.2, -0.15) is 0 Å². The molecule has 0 aromatic heterocycles. The van der Waals surface area contributed by atoms with Crippen LogP contribution in [0, 0.1) is 5.82 Å². The fourth-order valence-electron chi connectivity index (χ4n) is 2.98. The number of benzene rings is 2. The lowest BCUT2D eigenvalue weighted by Crippen LogP contribution is -2.23. The normalized spacial score (nSPS) is 18.9. The van der Waals surface area contributed by atoms with Crippen LogP contribution in [-0.2, 0) is 6.42 Å². The molecule has 2 aromatic carbocycles. The number of rotatable bonds is 3. The zero-order chi connectivity index (χ0) is 14.1. The highest BCUT2D eigenvalue weighted by molar-refractivity contribution is 9.10. The van der Waals surface area contributed by atoms with E-state index in [4.69, 9.17) is 0 Å². The molecule has 0 saturated carbocycles. The average molecular weight is 334 g/mol. The van der Waals surface area contributed by atoms with Crippen LogP contribution in [0.4, 0.5) is 4.39 Å². The molecule has 1 N–H and O–H groups in total. The summed E-state index contributed by atoms with van der Waals surface area (Å²) < 4.78 is 14.4. The monoisotopic (exact) mass is 333 g/mol. The molecule has 2 atom stereocenters. The summed E-state index contributed by atoms with van der Waals surface area (Å²) in [6.07, 6.45) is 1.99. The van der Waals surface area contributed by atoms with E-state index in [0.29, 0.717) is 6.04 Å². The Morgan fingerprint density at radius 3 is 2.85 bits per heavy atom. The van der Waals surface area contributed by atoms with E-state index in [9.17, 15) is 4.39 Å². The van der Waals surface area contributed by atoms with E-state index in [1.165, 1.54) is 11.1 Å². The van der Waals surface area contributed by atoms with Gasteiger partial charge in [-0.05, 0) is 54.7 Å². The van der Waals surface area contributed by atoms with Gasteiger partial charge in [-0.25, -0.2) is 4.39 Å². The number of hydrogen-bond donors (Lipinski definition) is 1. The second-order valence-corrected chi connectivity index (χ2v) is 6.20. The maximum absolute atomic E-state index is 13.2. The van der Waals surface area contributed by atoms with Crippen LogP contribution in [0.15, 0.2) is 46.9 Å². The van der Waals surface area contributed by atoms with E-state index in [-0.39, 0.29) is 11.9 Å². The number of aryl methyl sites for hydroxylation is 1.